The summed E-state index contributed by atoms with van der Waals surface area (Å²) in [5.74, 6) is -0.388. The molecule has 7 heteroatoms. The summed E-state index contributed by atoms with van der Waals surface area (Å²) in [4.78, 5) is 28.5. The predicted octanol–water partition coefficient (Wildman–Crippen LogP) is 5.45. The molecule has 6 nitrogen and oxygen atoms in total. The second-order valence-electron chi connectivity index (χ2n) is 9.80. The standard InChI is InChI=1S/C31H33ClN4O2/c1-3-4-14-36(2)31(38)25-18-23(27-11-6-5-9-22(27)20-33)17-24(19-25)30(37)35-28-12-13-34-29(28)16-21-8-7-10-26(32)15-21/h5-11,15,17-19,28-29,34H,3-4,12-14,16H2,1-2H3,(H,35,37)/t28?,29-/m0/s1. The van der Waals surface area contributed by atoms with E-state index in [0.29, 0.717) is 39.4 Å². The molecule has 3 aromatic rings. The van der Waals surface area contributed by atoms with Gasteiger partial charge >= 0.3 is 0 Å². The van der Waals surface area contributed by atoms with E-state index in [-0.39, 0.29) is 23.9 Å². The highest BCUT2D eigenvalue weighted by Gasteiger charge is 2.29. The predicted molar refractivity (Wildman–Crippen MR) is 151 cm³/mol. The van der Waals surface area contributed by atoms with Crippen molar-refractivity contribution in [2.45, 2.75) is 44.7 Å². The molecule has 1 aliphatic heterocycles. The van der Waals surface area contributed by atoms with Gasteiger partial charge in [-0.25, -0.2) is 0 Å². The number of benzene rings is 3. The van der Waals surface area contributed by atoms with Crippen molar-refractivity contribution in [2.24, 2.45) is 0 Å². The lowest BCUT2D eigenvalue weighted by Gasteiger charge is -2.22. The third kappa shape index (κ3) is 6.61. The third-order valence-corrected chi connectivity index (χ3v) is 7.24. The second kappa shape index (κ2) is 12.7. The van der Waals surface area contributed by atoms with E-state index in [1.165, 1.54) is 0 Å². The Balaban J connectivity index is 1.62. The van der Waals surface area contributed by atoms with Crippen LogP contribution < -0.4 is 10.6 Å². The van der Waals surface area contributed by atoms with Gasteiger partial charge in [-0.3, -0.25) is 9.59 Å². The molecule has 1 fully saturated rings. The van der Waals surface area contributed by atoms with Gasteiger partial charge in [0.2, 0.25) is 0 Å². The summed E-state index contributed by atoms with van der Waals surface area (Å²) in [7, 11) is 1.78. The Morgan fingerprint density at radius 2 is 1.89 bits per heavy atom. The molecule has 1 heterocycles. The first-order valence-corrected chi connectivity index (χ1v) is 13.5. The van der Waals surface area contributed by atoms with E-state index < -0.39 is 0 Å². The fourth-order valence-corrected chi connectivity index (χ4v) is 5.12. The number of carbonyl (C=O) groups excluding carboxylic acids is 2. The fourth-order valence-electron chi connectivity index (χ4n) is 4.91. The quantitative estimate of drug-likeness (QED) is 0.386. The first kappa shape index (κ1) is 27.4. The van der Waals surface area contributed by atoms with E-state index in [9.17, 15) is 14.9 Å². The highest BCUT2D eigenvalue weighted by molar-refractivity contribution is 6.30. The Bertz CT molecular complexity index is 1350. The van der Waals surface area contributed by atoms with E-state index in [0.717, 1.165) is 37.8 Å². The Hall–Kier alpha value is -3.66. The number of hydrogen-bond acceptors (Lipinski definition) is 4. The van der Waals surface area contributed by atoms with Crippen molar-refractivity contribution in [3.63, 3.8) is 0 Å². The largest absolute Gasteiger partial charge is 0.348 e. The van der Waals surface area contributed by atoms with Crippen LogP contribution in [0.1, 0.15) is 58.0 Å². The Morgan fingerprint density at radius 1 is 1.11 bits per heavy atom. The first-order valence-electron chi connectivity index (χ1n) is 13.1. The molecule has 3 aromatic carbocycles. The number of unbranched alkanes of at least 4 members (excludes halogenated alkanes) is 1. The van der Waals surface area contributed by atoms with Gasteiger partial charge in [-0.1, -0.05) is 55.3 Å². The monoisotopic (exact) mass is 528 g/mol. The van der Waals surface area contributed by atoms with Crippen LogP contribution in [0.15, 0.2) is 66.7 Å². The summed E-state index contributed by atoms with van der Waals surface area (Å²) in [6.07, 6.45) is 3.42. The molecule has 2 atom stereocenters. The van der Waals surface area contributed by atoms with E-state index >= 15 is 0 Å². The zero-order valence-electron chi connectivity index (χ0n) is 21.8. The Morgan fingerprint density at radius 3 is 2.66 bits per heavy atom. The van der Waals surface area contributed by atoms with Gasteiger partial charge in [-0.2, -0.15) is 5.26 Å². The molecule has 1 saturated heterocycles. The van der Waals surface area contributed by atoms with E-state index in [4.69, 9.17) is 11.6 Å². The van der Waals surface area contributed by atoms with Gasteiger partial charge in [0.05, 0.1) is 11.6 Å². The lowest BCUT2D eigenvalue weighted by atomic mass is 9.95. The van der Waals surface area contributed by atoms with Crippen LogP contribution in [0.2, 0.25) is 5.02 Å². The zero-order valence-corrected chi connectivity index (χ0v) is 22.6. The average Bonchev–Trinajstić information content (AvgIpc) is 3.36. The molecular formula is C31H33ClN4O2. The molecule has 0 spiro atoms. The van der Waals surface area contributed by atoms with Crippen LogP contribution in [0, 0.1) is 11.3 Å². The molecule has 196 valence electrons. The van der Waals surface area contributed by atoms with Crippen LogP contribution in [-0.4, -0.2) is 48.9 Å². The van der Waals surface area contributed by atoms with Crippen molar-refractivity contribution >= 4 is 23.4 Å². The highest BCUT2D eigenvalue weighted by atomic mass is 35.5. The van der Waals surface area contributed by atoms with E-state index in [1.54, 1.807) is 42.3 Å². The normalized spacial score (nSPS) is 16.6. The van der Waals surface area contributed by atoms with Gasteiger partial charge in [0, 0.05) is 41.8 Å². The number of carbonyl (C=O) groups is 2. The van der Waals surface area contributed by atoms with Crippen LogP contribution in [0.25, 0.3) is 11.1 Å². The Labute approximate surface area is 229 Å². The lowest BCUT2D eigenvalue weighted by molar-refractivity contribution is 0.0793. The van der Waals surface area contributed by atoms with Crippen LogP contribution in [-0.2, 0) is 6.42 Å². The topological polar surface area (TPSA) is 85.2 Å². The van der Waals surface area contributed by atoms with E-state index in [2.05, 4.69) is 23.6 Å². The van der Waals surface area contributed by atoms with Crippen LogP contribution in [0.4, 0.5) is 0 Å². The molecule has 0 aromatic heterocycles. The molecular weight excluding hydrogens is 496 g/mol. The first-order chi connectivity index (χ1) is 18.4. The van der Waals surface area contributed by atoms with Crippen molar-refractivity contribution < 1.29 is 9.59 Å². The summed E-state index contributed by atoms with van der Waals surface area (Å²) in [6, 6.07) is 22.4. The number of nitrogens with zero attached hydrogens (tertiary/aromatic N) is 2. The number of nitriles is 1. The van der Waals surface area contributed by atoms with Gasteiger partial charge in [-0.15, -0.1) is 0 Å². The van der Waals surface area contributed by atoms with Gasteiger partial charge in [0.15, 0.2) is 0 Å². The maximum absolute atomic E-state index is 13.6. The SMILES string of the molecule is CCCCN(C)C(=O)c1cc(C(=O)NC2CCN[C@H]2Cc2cccc(Cl)c2)cc(-c2ccccc2C#N)c1. The van der Waals surface area contributed by atoms with Gasteiger partial charge < -0.3 is 15.5 Å². The minimum atomic E-state index is -0.239. The molecule has 0 radical (unpaired) electrons. The van der Waals surface area contributed by atoms with Crippen molar-refractivity contribution in [3.8, 4) is 17.2 Å². The summed E-state index contributed by atoms with van der Waals surface area (Å²) in [5.41, 5.74) is 3.78. The van der Waals surface area contributed by atoms with Crippen molar-refractivity contribution in [1.82, 2.24) is 15.5 Å². The van der Waals surface area contributed by atoms with Crippen molar-refractivity contribution in [3.05, 3.63) is 94.0 Å². The molecule has 1 unspecified atom stereocenters. The molecule has 0 aliphatic carbocycles. The highest BCUT2D eigenvalue weighted by Crippen LogP contribution is 2.27. The number of amides is 2. The third-order valence-electron chi connectivity index (χ3n) is 7.00. The number of hydrogen-bond donors (Lipinski definition) is 2. The second-order valence-corrected chi connectivity index (χ2v) is 10.2. The van der Waals surface area contributed by atoms with Gasteiger partial charge in [-0.05, 0) is 78.9 Å². The molecule has 38 heavy (non-hydrogen) atoms. The molecule has 2 amide bonds. The summed E-state index contributed by atoms with van der Waals surface area (Å²) < 4.78 is 0. The van der Waals surface area contributed by atoms with Gasteiger partial charge in [0.1, 0.15) is 0 Å². The number of rotatable bonds is 9. The molecule has 4 rings (SSSR count). The average molecular weight is 529 g/mol. The zero-order chi connectivity index (χ0) is 27.1. The van der Waals surface area contributed by atoms with Gasteiger partial charge in [0.25, 0.3) is 11.8 Å². The summed E-state index contributed by atoms with van der Waals surface area (Å²) in [5, 5.41) is 17.0. The van der Waals surface area contributed by atoms with Crippen molar-refractivity contribution in [1.29, 1.82) is 5.26 Å². The fraction of sp³-hybridized carbons (Fsp3) is 0.323. The van der Waals surface area contributed by atoms with E-state index in [1.807, 2.05) is 36.4 Å². The smallest absolute Gasteiger partial charge is 0.253 e. The van der Waals surface area contributed by atoms with Crippen LogP contribution in [0.5, 0.6) is 0 Å². The summed E-state index contributed by atoms with van der Waals surface area (Å²) >= 11 is 6.17. The summed E-state index contributed by atoms with van der Waals surface area (Å²) in [6.45, 7) is 3.52. The maximum Gasteiger partial charge on any atom is 0.253 e. The molecule has 1 aliphatic rings. The molecule has 0 bridgehead atoms. The van der Waals surface area contributed by atoms with Crippen molar-refractivity contribution in [2.75, 3.05) is 20.1 Å². The number of nitrogens with one attached hydrogen (secondary N) is 2. The minimum Gasteiger partial charge on any atom is -0.348 e. The Kier molecular flexibility index (Phi) is 9.17. The van der Waals surface area contributed by atoms with Crippen LogP contribution >= 0.6 is 11.6 Å². The lowest BCUT2D eigenvalue weighted by Crippen LogP contribution is -2.44. The minimum absolute atomic E-state index is 0.0667. The number of halogens is 1. The van der Waals surface area contributed by atoms with Crippen LogP contribution in [0.3, 0.4) is 0 Å². The molecule has 0 saturated carbocycles. The molecule has 2 N–H and O–H groups in total. The maximum atomic E-state index is 13.6.